The summed E-state index contributed by atoms with van der Waals surface area (Å²) in [6.07, 6.45) is 5.77. The molecule has 0 saturated carbocycles. The number of benzene rings is 1. The van der Waals surface area contributed by atoms with Crippen LogP contribution in [0.15, 0.2) is 71.9 Å². The van der Waals surface area contributed by atoms with Gasteiger partial charge in [0.1, 0.15) is 0 Å². The van der Waals surface area contributed by atoms with Crippen molar-refractivity contribution in [2.24, 2.45) is 0 Å². The molecule has 1 amide bonds. The molecule has 0 aliphatic heterocycles. The Morgan fingerprint density at radius 1 is 0.974 bits per heavy atom. The van der Waals surface area contributed by atoms with Gasteiger partial charge < -0.3 is 10.4 Å². The molecule has 38 heavy (non-hydrogen) atoms. The van der Waals surface area contributed by atoms with Gasteiger partial charge in [-0.05, 0) is 49.7 Å². The number of amides is 1. The fraction of sp³-hybridized carbons (Fsp3) is 0.346. The van der Waals surface area contributed by atoms with Crippen LogP contribution in [0, 0.1) is 10.1 Å². The molecule has 11 nitrogen and oxygen atoms in total. The van der Waals surface area contributed by atoms with Gasteiger partial charge in [-0.1, -0.05) is 18.6 Å². The molecule has 0 fully saturated rings. The van der Waals surface area contributed by atoms with Crippen molar-refractivity contribution in [2.45, 2.75) is 43.7 Å². The molecule has 12 heteroatoms. The largest absolute Gasteiger partial charge is 0.395 e. The van der Waals surface area contributed by atoms with Crippen LogP contribution in [0.25, 0.3) is 0 Å². The van der Waals surface area contributed by atoms with Crippen LogP contribution >= 0.6 is 0 Å². The molecule has 0 aliphatic rings. The summed E-state index contributed by atoms with van der Waals surface area (Å²) in [6, 6.07) is 14.7. The first-order chi connectivity index (χ1) is 18.3. The molecule has 0 radical (unpaired) electrons. The highest BCUT2D eigenvalue weighted by atomic mass is 32.2. The minimum Gasteiger partial charge on any atom is -0.395 e. The smallest absolute Gasteiger partial charge is 0.271 e. The second-order valence-corrected chi connectivity index (χ2v) is 10.8. The van der Waals surface area contributed by atoms with Gasteiger partial charge in [-0.25, -0.2) is 8.42 Å². The van der Waals surface area contributed by atoms with E-state index in [4.69, 9.17) is 5.11 Å². The van der Waals surface area contributed by atoms with Crippen LogP contribution in [0.3, 0.4) is 0 Å². The summed E-state index contributed by atoms with van der Waals surface area (Å²) in [5.41, 5.74) is 1.40. The van der Waals surface area contributed by atoms with E-state index in [0.717, 1.165) is 49.0 Å². The Kier molecular flexibility index (Phi) is 10.8. The first-order valence-corrected chi connectivity index (χ1v) is 13.9. The van der Waals surface area contributed by atoms with Crippen LogP contribution in [0.5, 0.6) is 0 Å². The maximum atomic E-state index is 12.6. The Labute approximate surface area is 221 Å². The molecule has 0 unspecified atom stereocenters. The number of unbranched alkanes of at least 4 members (excludes halogenated alkanes) is 2. The van der Waals surface area contributed by atoms with E-state index in [1.165, 1.54) is 0 Å². The fourth-order valence-electron chi connectivity index (χ4n) is 3.90. The minimum atomic E-state index is -3.92. The SMILES string of the molecule is O=C(CCCCCN(Cc1ccccn1)Cc1ccccn1)Nc1cc([N+](=O)[O-])ccc1S(=O)(=O)CCO. The van der Waals surface area contributed by atoms with Gasteiger partial charge in [0.05, 0.1) is 39.3 Å². The highest BCUT2D eigenvalue weighted by molar-refractivity contribution is 7.91. The van der Waals surface area contributed by atoms with Crippen molar-refractivity contribution in [2.75, 3.05) is 24.2 Å². The molecule has 2 aromatic heterocycles. The van der Waals surface area contributed by atoms with Crippen molar-refractivity contribution in [1.29, 1.82) is 0 Å². The lowest BCUT2D eigenvalue weighted by Crippen LogP contribution is -2.25. The Balaban J connectivity index is 1.55. The lowest BCUT2D eigenvalue weighted by atomic mass is 10.1. The van der Waals surface area contributed by atoms with Gasteiger partial charge >= 0.3 is 0 Å². The van der Waals surface area contributed by atoms with Crippen molar-refractivity contribution in [1.82, 2.24) is 14.9 Å². The maximum Gasteiger partial charge on any atom is 0.271 e. The number of nitrogens with zero attached hydrogens (tertiary/aromatic N) is 4. The summed E-state index contributed by atoms with van der Waals surface area (Å²) in [7, 11) is -3.92. The first kappa shape index (κ1) is 28.8. The summed E-state index contributed by atoms with van der Waals surface area (Å²) < 4.78 is 24.9. The number of aromatic nitrogens is 2. The topological polar surface area (TPSA) is 156 Å². The molecular formula is C26H31N5O6S. The Morgan fingerprint density at radius 2 is 1.63 bits per heavy atom. The van der Waals surface area contributed by atoms with Crippen LogP contribution in [0.1, 0.15) is 37.1 Å². The standard InChI is InChI=1S/C26H31N5O6S/c32-16-17-38(36,37)25-12-11-23(31(34)35)18-24(25)29-26(33)10-2-1-7-15-30(19-21-8-3-5-13-27-21)20-22-9-4-6-14-28-22/h3-6,8-9,11-14,18,32H,1-2,7,10,15-17,19-20H2,(H,29,33). The number of pyridine rings is 2. The zero-order chi connectivity index (χ0) is 27.4. The van der Waals surface area contributed by atoms with Crippen molar-refractivity contribution >= 4 is 27.1 Å². The first-order valence-electron chi connectivity index (χ1n) is 12.2. The predicted octanol–water partition coefficient (Wildman–Crippen LogP) is 3.35. The van der Waals surface area contributed by atoms with Gasteiger partial charge in [0.15, 0.2) is 9.84 Å². The van der Waals surface area contributed by atoms with E-state index < -0.39 is 33.0 Å². The Hall–Kier alpha value is -3.74. The van der Waals surface area contributed by atoms with E-state index in [0.29, 0.717) is 19.5 Å². The lowest BCUT2D eigenvalue weighted by Gasteiger charge is -2.21. The average molecular weight is 542 g/mol. The van der Waals surface area contributed by atoms with E-state index in [1.807, 2.05) is 36.4 Å². The number of hydrogen-bond acceptors (Lipinski definition) is 9. The Morgan fingerprint density at radius 3 is 2.18 bits per heavy atom. The molecule has 0 aliphatic carbocycles. The quantitative estimate of drug-likeness (QED) is 0.167. The number of aliphatic hydroxyl groups is 1. The van der Waals surface area contributed by atoms with Gasteiger partial charge in [-0.2, -0.15) is 0 Å². The van der Waals surface area contributed by atoms with Gasteiger partial charge in [-0.3, -0.25) is 29.8 Å². The molecule has 0 atom stereocenters. The minimum absolute atomic E-state index is 0.128. The molecule has 1 aromatic carbocycles. The van der Waals surface area contributed by atoms with Crippen molar-refractivity contribution in [3.8, 4) is 0 Å². The van der Waals surface area contributed by atoms with E-state index in [-0.39, 0.29) is 22.7 Å². The van der Waals surface area contributed by atoms with E-state index in [9.17, 15) is 23.3 Å². The normalized spacial score (nSPS) is 11.4. The number of carbonyl (C=O) groups is 1. The molecule has 0 saturated heterocycles. The predicted molar refractivity (Wildman–Crippen MR) is 142 cm³/mol. The summed E-state index contributed by atoms with van der Waals surface area (Å²) in [4.78, 5) is 33.8. The number of sulfone groups is 1. The monoisotopic (exact) mass is 541 g/mol. The third-order valence-corrected chi connectivity index (χ3v) is 7.49. The number of rotatable bonds is 15. The summed E-state index contributed by atoms with van der Waals surface area (Å²) in [5, 5.41) is 22.7. The molecular weight excluding hydrogens is 510 g/mol. The summed E-state index contributed by atoms with van der Waals surface area (Å²) in [6.45, 7) is 1.49. The number of carbonyl (C=O) groups excluding carboxylic acids is 1. The third-order valence-electron chi connectivity index (χ3n) is 5.74. The highest BCUT2D eigenvalue weighted by Gasteiger charge is 2.22. The lowest BCUT2D eigenvalue weighted by molar-refractivity contribution is -0.384. The van der Waals surface area contributed by atoms with Gasteiger partial charge in [0.25, 0.3) is 5.69 Å². The molecule has 202 valence electrons. The molecule has 0 bridgehead atoms. The van der Waals surface area contributed by atoms with E-state index in [1.54, 1.807) is 12.4 Å². The number of hydrogen-bond donors (Lipinski definition) is 2. The summed E-state index contributed by atoms with van der Waals surface area (Å²) in [5.74, 6) is -0.994. The second kappa shape index (κ2) is 14.3. The average Bonchev–Trinajstić information content (AvgIpc) is 2.89. The van der Waals surface area contributed by atoms with Crippen LogP contribution in [-0.2, 0) is 27.7 Å². The van der Waals surface area contributed by atoms with Crippen molar-refractivity contribution < 1.29 is 23.2 Å². The zero-order valence-electron chi connectivity index (χ0n) is 20.9. The summed E-state index contributed by atoms with van der Waals surface area (Å²) >= 11 is 0. The number of nitro benzene ring substituents is 1. The molecule has 3 rings (SSSR count). The van der Waals surface area contributed by atoms with Crippen molar-refractivity contribution in [3.05, 3.63) is 88.5 Å². The number of anilines is 1. The Bertz CT molecular complexity index is 1260. The molecule has 3 aromatic rings. The molecule has 0 spiro atoms. The molecule has 2 N–H and O–H groups in total. The number of aliphatic hydroxyl groups excluding tert-OH is 1. The zero-order valence-corrected chi connectivity index (χ0v) is 21.7. The van der Waals surface area contributed by atoms with E-state index in [2.05, 4.69) is 20.2 Å². The number of non-ortho nitro benzene ring substituents is 1. The number of nitrogens with one attached hydrogen (secondary N) is 1. The highest BCUT2D eigenvalue weighted by Crippen LogP contribution is 2.27. The van der Waals surface area contributed by atoms with Gasteiger partial charge in [0.2, 0.25) is 5.91 Å². The second-order valence-electron chi connectivity index (χ2n) is 8.69. The van der Waals surface area contributed by atoms with Crippen molar-refractivity contribution in [3.63, 3.8) is 0 Å². The van der Waals surface area contributed by atoms with Crippen LogP contribution in [-0.4, -0.2) is 58.1 Å². The third kappa shape index (κ3) is 8.98. The van der Waals surface area contributed by atoms with Crippen LogP contribution < -0.4 is 5.32 Å². The fourth-order valence-corrected chi connectivity index (χ4v) is 5.08. The van der Waals surface area contributed by atoms with E-state index >= 15 is 0 Å². The van der Waals surface area contributed by atoms with Crippen LogP contribution in [0.2, 0.25) is 0 Å². The molecule has 2 heterocycles. The van der Waals surface area contributed by atoms with Gasteiger partial charge in [-0.15, -0.1) is 0 Å². The van der Waals surface area contributed by atoms with Crippen LogP contribution in [0.4, 0.5) is 11.4 Å². The number of nitro groups is 1. The van der Waals surface area contributed by atoms with Gasteiger partial charge in [0, 0.05) is 44.0 Å². The maximum absolute atomic E-state index is 12.6.